The Morgan fingerprint density at radius 2 is 1.74 bits per heavy atom. The molecule has 0 unspecified atom stereocenters. The Hall–Kier alpha value is -2.29. The zero-order valence-corrected chi connectivity index (χ0v) is 19.0. The lowest BCUT2D eigenvalue weighted by Gasteiger charge is -2.43. The van der Waals surface area contributed by atoms with E-state index in [4.69, 9.17) is 21.1 Å². The summed E-state index contributed by atoms with van der Waals surface area (Å²) < 4.78 is 35.8. The zero-order chi connectivity index (χ0) is 22.2. The molecule has 4 rings (SSSR count). The number of rotatable bonds is 6. The average molecular weight is 465 g/mol. The van der Waals surface area contributed by atoms with Gasteiger partial charge in [-0.2, -0.15) is 0 Å². The number of carbonyl (C=O) groups is 1. The molecular formula is C22H25ClN2O5S. The number of amides is 1. The van der Waals surface area contributed by atoms with Gasteiger partial charge in [0, 0.05) is 23.3 Å². The lowest BCUT2D eigenvalue weighted by molar-refractivity contribution is -0.123. The first-order valence-electron chi connectivity index (χ1n) is 10.0. The standard InChI is InChI=1S/C22H25ClN2O5S/c1-29-18-7-8-21(30-2)15(11-18)9-10-24-12-22(26)25(17-5-3-16(23)4-6-17)20-14-31(27,28)13-19(20)24/h3-8,11,19-20H,9-10,12-14H2,1-2H3/t19-,20-/m1/s1. The minimum atomic E-state index is -3.25. The molecule has 2 aromatic carbocycles. The predicted molar refractivity (Wildman–Crippen MR) is 120 cm³/mol. The number of ether oxygens (including phenoxy) is 2. The molecule has 2 heterocycles. The van der Waals surface area contributed by atoms with E-state index in [-0.39, 0.29) is 30.0 Å². The maximum Gasteiger partial charge on any atom is 0.241 e. The van der Waals surface area contributed by atoms with Gasteiger partial charge in [-0.3, -0.25) is 9.69 Å². The zero-order valence-electron chi connectivity index (χ0n) is 17.5. The molecule has 166 valence electrons. The molecular weight excluding hydrogens is 440 g/mol. The molecule has 9 heteroatoms. The number of benzene rings is 2. The Bertz CT molecular complexity index is 1070. The van der Waals surface area contributed by atoms with Gasteiger partial charge in [-0.05, 0) is 54.4 Å². The van der Waals surface area contributed by atoms with Gasteiger partial charge < -0.3 is 14.4 Å². The van der Waals surface area contributed by atoms with Crippen molar-refractivity contribution in [3.8, 4) is 11.5 Å². The fourth-order valence-electron chi connectivity index (χ4n) is 4.48. The van der Waals surface area contributed by atoms with Crippen LogP contribution in [0.2, 0.25) is 5.02 Å². The summed E-state index contributed by atoms with van der Waals surface area (Å²) in [5, 5.41) is 0.567. The molecule has 0 bridgehead atoms. The normalized spacial score (nSPS) is 22.9. The fraction of sp³-hybridized carbons (Fsp3) is 0.409. The van der Waals surface area contributed by atoms with Crippen LogP contribution in [0.15, 0.2) is 42.5 Å². The van der Waals surface area contributed by atoms with E-state index in [9.17, 15) is 13.2 Å². The van der Waals surface area contributed by atoms with E-state index in [1.165, 1.54) is 0 Å². The summed E-state index contributed by atoms with van der Waals surface area (Å²) in [6, 6.07) is 11.9. The molecule has 1 amide bonds. The van der Waals surface area contributed by atoms with Crippen LogP contribution in [0.25, 0.3) is 0 Å². The van der Waals surface area contributed by atoms with Gasteiger partial charge in [-0.1, -0.05) is 11.6 Å². The Balaban J connectivity index is 1.58. The molecule has 0 N–H and O–H groups in total. The Kier molecular flexibility index (Phi) is 6.14. The van der Waals surface area contributed by atoms with Crippen LogP contribution in [0.4, 0.5) is 5.69 Å². The minimum absolute atomic E-state index is 0.0367. The van der Waals surface area contributed by atoms with Gasteiger partial charge in [0.15, 0.2) is 9.84 Å². The summed E-state index contributed by atoms with van der Waals surface area (Å²) in [5.74, 6) is 1.36. The monoisotopic (exact) mass is 464 g/mol. The number of sulfone groups is 1. The number of piperazine rings is 1. The van der Waals surface area contributed by atoms with Crippen molar-refractivity contribution >= 4 is 33.0 Å². The first kappa shape index (κ1) is 21.9. The molecule has 2 aliphatic rings. The van der Waals surface area contributed by atoms with Gasteiger partial charge in [0.25, 0.3) is 0 Å². The Morgan fingerprint density at radius 1 is 1.03 bits per heavy atom. The highest BCUT2D eigenvalue weighted by atomic mass is 35.5. The van der Waals surface area contributed by atoms with Crippen LogP contribution < -0.4 is 14.4 Å². The Labute approximate surface area is 187 Å². The molecule has 2 fully saturated rings. The summed E-state index contributed by atoms with van der Waals surface area (Å²) in [5.41, 5.74) is 1.63. The quantitative estimate of drug-likeness (QED) is 0.653. The summed E-state index contributed by atoms with van der Waals surface area (Å²) >= 11 is 5.99. The van der Waals surface area contributed by atoms with Gasteiger partial charge >= 0.3 is 0 Å². The first-order chi connectivity index (χ1) is 14.8. The second-order valence-electron chi connectivity index (χ2n) is 7.85. The van der Waals surface area contributed by atoms with E-state index in [2.05, 4.69) is 0 Å². The van der Waals surface area contributed by atoms with Crippen LogP contribution in [-0.4, -0.2) is 70.1 Å². The van der Waals surface area contributed by atoms with Crippen molar-refractivity contribution in [3.05, 3.63) is 53.1 Å². The van der Waals surface area contributed by atoms with Crippen molar-refractivity contribution < 1.29 is 22.7 Å². The lowest BCUT2D eigenvalue weighted by Crippen LogP contribution is -2.62. The smallest absolute Gasteiger partial charge is 0.241 e. The fourth-order valence-corrected chi connectivity index (χ4v) is 6.59. The largest absolute Gasteiger partial charge is 0.497 e. The van der Waals surface area contributed by atoms with E-state index in [0.29, 0.717) is 23.7 Å². The van der Waals surface area contributed by atoms with Crippen molar-refractivity contribution in [2.45, 2.75) is 18.5 Å². The van der Waals surface area contributed by atoms with Crippen molar-refractivity contribution in [3.63, 3.8) is 0 Å². The van der Waals surface area contributed by atoms with Gasteiger partial charge in [0.1, 0.15) is 11.5 Å². The molecule has 2 saturated heterocycles. The van der Waals surface area contributed by atoms with Crippen molar-refractivity contribution in [2.75, 3.05) is 43.7 Å². The number of anilines is 1. The van der Waals surface area contributed by atoms with Crippen molar-refractivity contribution in [1.29, 1.82) is 0 Å². The summed E-state index contributed by atoms with van der Waals surface area (Å²) in [4.78, 5) is 16.7. The molecule has 0 aliphatic carbocycles. The molecule has 0 saturated carbocycles. The molecule has 7 nitrogen and oxygen atoms in total. The predicted octanol–water partition coefficient (Wildman–Crippen LogP) is 2.41. The minimum Gasteiger partial charge on any atom is -0.497 e. The maximum absolute atomic E-state index is 13.1. The van der Waals surface area contributed by atoms with Crippen LogP contribution in [0.1, 0.15) is 5.56 Å². The molecule has 0 radical (unpaired) electrons. The molecule has 0 aromatic heterocycles. The molecule has 2 atom stereocenters. The third kappa shape index (κ3) is 4.51. The van der Waals surface area contributed by atoms with Gasteiger partial charge in [-0.15, -0.1) is 0 Å². The third-order valence-corrected chi connectivity index (χ3v) is 7.91. The molecule has 0 spiro atoms. The second-order valence-corrected chi connectivity index (χ2v) is 10.4. The second kappa shape index (κ2) is 8.68. The van der Waals surface area contributed by atoms with Crippen LogP contribution in [0.5, 0.6) is 11.5 Å². The summed E-state index contributed by atoms with van der Waals surface area (Å²) in [7, 11) is -0.0312. The summed E-state index contributed by atoms with van der Waals surface area (Å²) in [6.45, 7) is 0.700. The lowest BCUT2D eigenvalue weighted by atomic mass is 10.0. The number of methoxy groups -OCH3 is 2. The van der Waals surface area contributed by atoms with E-state index >= 15 is 0 Å². The van der Waals surface area contributed by atoms with Gasteiger partial charge in [0.2, 0.25) is 5.91 Å². The number of carbonyl (C=O) groups excluding carboxylic acids is 1. The molecule has 2 aliphatic heterocycles. The van der Waals surface area contributed by atoms with Crippen molar-refractivity contribution in [1.82, 2.24) is 4.90 Å². The van der Waals surface area contributed by atoms with Crippen LogP contribution in [0, 0.1) is 0 Å². The molecule has 31 heavy (non-hydrogen) atoms. The summed E-state index contributed by atoms with van der Waals surface area (Å²) in [6.07, 6.45) is 0.609. The highest BCUT2D eigenvalue weighted by Crippen LogP contribution is 2.33. The highest BCUT2D eigenvalue weighted by molar-refractivity contribution is 7.91. The highest BCUT2D eigenvalue weighted by Gasteiger charge is 2.49. The van der Waals surface area contributed by atoms with Crippen molar-refractivity contribution in [2.24, 2.45) is 0 Å². The van der Waals surface area contributed by atoms with Crippen LogP contribution in [0.3, 0.4) is 0 Å². The van der Waals surface area contributed by atoms with E-state index in [1.54, 1.807) is 43.4 Å². The van der Waals surface area contributed by atoms with Gasteiger partial charge in [-0.25, -0.2) is 8.42 Å². The van der Waals surface area contributed by atoms with Gasteiger partial charge in [0.05, 0.1) is 38.3 Å². The maximum atomic E-state index is 13.1. The third-order valence-electron chi connectivity index (χ3n) is 5.96. The van der Waals surface area contributed by atoms with Crippen LogP contribution >= 0.6 is 11.6 Å². The first-order valence-corrected chi connectivity index (χ1v) is 12.2. The van der Waals surface area contributed by atoms with E-state index in [1.807, 2.05) is 23.1 Å². The average Bonchev–Trinajstić information content (AvgIpc) is 3.07. The SMILES string of the molecule is COc1ccc(OC)c(CCN2CC(=O)N(c3ccc(Cl)cc3)[C@@H]3CS(=O)(=O)C[C@H]32)c1. The van der Waals surface area contributed by atoms with Crippen LogP contribution in [-0.2, 0) is 21.1 Å². The van der Waals surface area contributed by atoms with E-state index in [0.717, 1.165) is 17.1 Å². The Morgan fingerprint density at radius 3 is 2.42 bits per heavy atom. The number of hydrogen-bond donors (Lipinski definition) is 0. The number of fused-ring (bicyclic) bond motifs is 1. The number of halogens is 1. The number of nitrogens with zero attached hydrogens (tertiary/aromatic N) is 2. The molecule has 2 aromatic rings. The topological polar surface area (TPSA) is 76.2 Å². The number of hydrogen-bond acceptors (Lipinski definition) is 6. The van der Waals surface area contributed by atoms with E-state index < -0.39 is 15.9 Å².